The molecule has 0 saturated carbocycles. The van der Waals surface area contributed by atoms with Crippen LogP contribution in [0.15, 0.2) is 24.3 Å². The first kappa shape index (κ1) is 18.2. The van der Waals surface area contributed by atoms with E-state index in [2.05, 4.69) is 15.5 Å². The van der Waals surface area contributed by atoms with Gasteiger partial charge in [-0.2, -0.15) is 0 Å². The molecule has 0 aliphatic carbocycles. The SMILES string of the molecule is NC(=O)N[C@H](CC(=O)NCCN1CCOCC1)c1ccccc1F. The second-order valence-corrected chi connectivity index (χ2v) is 5.59. The van der Waals surface area contributed by atoms with Gasteiger partial charge in [0, 0.05) is 31.7 Å². The van der Waals surface area contributed by atoms with Gasteiger partial charge in [0.25, 0.3) is 0 Å². The minimum absolute atomic E-state index is 0.0764. The van der Waals surface area contributed by atoms with E-state index in [0.717, 1.165) is 19.6 Å². The zero-order chi connectivity index (χ0) is 17.4. The zero-order valence-corrected chi connectivity index (χ0v) is 13.5. The van der Waals surface area contributed by atoms with E-state index in [4.69, 9.17) is 10.5 Å². The smallest absolute Gasteiger partial charge is 0.312 e. The van der Waals surface area contributed by atoms with Crippen molar-refractivity contribution in [2.75, 3.05) is 39.4 Å². The molecule has 1 atom stereocenters. The van der Waals surface area contributed by atoms with Crippen molar-refractivity contribution in [3.63, 3.8) is 0 Å². The van der Waals surface area contributed by atoms with Crippen LogP contribution in [0.3, 0.4) is 0 Å². The second kappa shape index (κ2) is 9.19. The molecule has 4 N–H and O–H groups in total. The molecule has 132 valence electrons. The van der Waals surface area contributed by atoms with Crippen molar-refractivity contribution in [1.82, 2.24) is 15.5 Å². The summed E-state index contributed by atoms with van der Waals surface area (Å²) in [7, 11) is 0. The first-order valence-corrected chi connectivity index (χ1v) is 7.93. The largest absolute Gasteiger partial charge is 0.379 e. The number of nitrogens with one attached hydrogen (secondary N) is 2. The summed E-state index contributed by atoms with van der Waals surface area (Å²) in [5.41, 5.74) is 5.37. The molecule has 0 bridgehead atoms. The Morgan fingerprint density at radius 1 is 1.29 bits per heavy atom. The monoisotopic (exact) mass is 338 g/mol. The molecule has 0 unspecified atom stereocenters. The molecule has 2 rings (SSSR count). The molecule has 24 heavy (non-hydrogen) atoms. The average molecular weight is 338 g/mol. The first-order valence-electron chi connectivity index (χ1n) is 7.93. The molecule has 1 aliphatic heterocycles. The maximum absolute atomic E-state index is 13.9. The van der Waals surface area contributed by atoms with Gasteiger partial charge in [-0.1, -0.05) is 18.2 Å². The van der Waals surface area contributed by atoms with Crippen molar-refractivity contribution in [3.8, 4) is 0 Å². The minimum atomic E-state index is -0.802. The van der Waals surface area contributed by atoms with Crippen LogP contribution in [0.25, 0.3) is 0 Å². The van der Waals surface area contributed by atoms with Gasteiger partial charge in [0.15, 0.2) is 0 Å². The number of urea groups is 1. The third kappa shape index (κ3) is 5.78. The predicted molar refractivity (Wildman–Crippen MR) is 86.7 cm³/mol. The van der Waals surface area contributed by atoms with Gasteiger partial charge in [-0.3, -0.25) is 9.69 Å². The molecule has 7 nitrogen and oxygen atoms in total. The lowest BCUT2D eigenvalue weighted by molar-refractivity contribution is -0.121. The fourth-order valence-electron chi connectivity index (χ4n) is 2.60. The average Bonchev–Trinajstić information content (AvgIpc) is 2.55. The molecule has 1 aromatic rings. The summed E-state index contributed by atoms with van der Waals surface area (Å²) in [6.45, 7) is 4.30. The number of morpholine rings is 1. The minimum Gasteiger partial charge on any atom is -0.379 e. The first-order chi connectivity index (χ1) is 11.6. The number of halogens is 1. The van der Waals surface area contributed by atoms with E-state index in [1.54, 1.807) is 12.1 Å². The number of hydrogen-bond acceptors (Lipinski definition) is 4. The number of rotatable bonds is 7. The summed E-state index contributed by atoms with van der Waals surface area (Å²) in [5, 5.41) is 5.21. The van der Waals surface area contributed by atoms with Gasteiger partial charge < -0.3 is 21.1 Å². The molecule has 3 amide bonds. The van der Waals surface area contributed by atoms with Crippen molar-refractivity contribution in [2.45, 2.75) is 12.5 Å². The van der Waals surface area contributed by atoms with Crippen LogP contribution >= 0.6 is 0 Å². The van der Waals surface area contributed by atoms with Gasteiger partial charge in [-0.05, 0) is 6.07 Å². The Balaban J connectivity index is 1.85. The number of carbonyl (C=O) groups is 2. The van der Waals surface area contributed by atoms with Crippen LogP contribution in [0.5, 0.6) is 0 Å². The van der Waals surface area contributed by atoms with Crippen LogP contribution < -0.4 is 16.4 Å². The Hall–Kier alpha value is -2.19. The van der Waals surface area contributed by atoms with E-state index >= 15 is 0 Å². The van der Waals surface area contributed by atoms with Crippen molar-refractivity contribution < 1.29 is 18.7 Å². The molecule has 8 heteroatoms. The molecule has 1 saturated heterocycles. The standard InChI is InChI=1S/C16H23FN4O3/c17-13-4-2-1-3-12(13)14(20-16(18)23)11-15(22)19-5-6-21-7-9-24-10-8-21/h1-4,14H,5-11H2,(H,19,22)(H3,18,20,23)/t14-/m1/s1. The lowest BCUT2D eigenvalue weighted by Crippen LogP contribution is -2.42. The Labute approximate surface area is 140 Å². The van der Waals surface area contributed by atoms with E-state index in [1.807, 2.05) is 0 Å². The number of nitrogens with zero attached hydrogens (tertiary/aromatic N) is 1. The van der Waals surface area contributed by atoms with Gasteiger partial charge in [0.05, 0.1) is 25.7 Å². The summed E-state index contributed by atoms with van der Waals surface area (Å²) in [4.78, 5) is 25.4. The van der Waals surface area contributed by atoms with Crippen LogP contribution in [0.4, 0.5) is 9.18 Å². The number of ether oxygens (including phenoxy) is 1. The molecule has 0 aromatic heterocycles. The van der Waals surface area contributed by atoms with Crippen molar-refractivity contribution in [1.29, 1.82) is 0 Å². The van der Waals surface area contributed by atoms with Gasteiger partial charge in [-0.25, -0.2) is 9.18 Å². The molecular weight excluding hydrogens is 315 g/mol. The van der Waals surface area contributed by atoms with Crippen molar-refractivity contribution in [2.24, 2.45) is 5.73 Å². The number of nitrogens with two attached hydrogens (primary N) is 1. The van der Waals surface area contributed by atoms with E-state index < -0.39 is 17.9 Å². The number of benzene rings is 1. The van der Waals surface area contributed by atoms with Crippen LogP contribution in [-0.2, 0) is 9.53 Å². The maximum Gasteiger partial charge on any atom is 0.312 e. The third-order valence-corrected chi connectivity index (χ3v) is 3.84. The van der Waals surface area contributed by atoms with E-state index in [1.165, 1.54) is 12.1 Å². The normalized spacial score (nSPS) is 16.4. The third-order valence-electron chi connectivity index (χ3n) is 3.84. The van der Waals surface area contributed by atoms with Gasteiger partial charge in [0.1, 0.15) is 5.82 Å². The molecular formula is C16H23FN4O3. The summed E-state index contributed by atoms with van der Waals surface area (Å²) >= 11 is 0. The Morgan fingerprint density at radius 2 is 2.00 bits per heavy atom. The van der Waals surface area contributed by atoms with Crippen molar-refractivity contribution >= 4 is 11.9 Å². The van der Waals surface area contributed by atoms with Crippen LogP contribution in [0.2, 0.25) is 0 Å². The fourth-order valence-corrected chi connectivity index (χ4v) is 2.60. The summed E-state index contributed by atoms with van der Waals surface area (Å²) in [6, 6.07) is 4.39. The van der Waals surface area contributed by atoms with E-state index in [9.17, 15) is 14.0 Å². The van der Waals surface area contributed by atoms with Gasteiger partial charge in [-0.15, -0.1) is 0 Å². The number of carbonyl (C=O) groups excluding carboxylic acids is 2. The second-order valence-electron chi connectivity index (χ2n) is 5.59. The predicted octanol–water partition coefficient (Wildman–Crippen LogP) is 0.374. The topological polar surface area (TPSA) is 96.7 Å². The molecule has 1 fully saturated rings. The highest BCUT2D eigenvalue weighted by molar-refractivity contribution is 5.78. The Morgan fingerprint density at radius 3 is 2.67 bits per heavy atom. The molecule has 0 radical (unpaired) electrons. The highest BCUT2D eigenvalue weighted by Gasteiger charge is 2.20. The quantitative estimate of drug-likeness (QED) is 0.669. The summed E-state index contributed by atoms with van der Waals surface area (Å²) in [5.74, 6) is -0.761. The Kier molecular flexibility index (Phi) is 6.95. The highest BCUT2D eigenvalue weighted by atomic mass is 19.1. The number of primary amides is 1. The van der Waals surface area contributed by atoms with E-state index in [0.29, 0.717) is 19.8 Å². The molecule has 1 aliphatic rings. The summed E-state index contributed by atoms with van der Waals surface area (Å²) < 4.78 is 19.2. The van der Waals surface area contributed by atoms with Crippen LogP contribution in [0, 0.1) is 5.82 Å². The fraction of sp³-hybridized carbons (Fsp3) is 0.500. The number of amides is 3. The lowest BCUT2D eigenvalue weighted by atomic mass is 10.0. The molecule has 1 heterocycles. The summed E-state index contributed by atoms with van der Waals surface area (Å²) in [6.07, 6.45) is -0.0764. The lowest BCUT2D eigenvalue weighted by Gasteiger charge is -2.26. The van der Waals surface area contributed by atoms with Gasteiger partial charge >= 0.3 is 6.03 Å². The highest BCUT2D eigenvalue weighted by Crippen LogP contribution is 2.19. The molecule has 1 aromatic carbocycles. The number of hydrogen-bond donors (Lipinski definition) is 3. The maximum atomic E-state index is 13.9. The van der Waals surface area contributed by atoms with Crippen LogP contribution in [0.1, 0.15) is 18.0 Å². The Bertz CT molecular complexity index is 564. The zero-order valence-electron chi connectivity index (χ0n) is 13.5. The van der Waals surface area contributed by atoms with E-state index in [-0.39, 0.29) is 17.9 Å². The van der Waals surface area contributed by atoms with Gasteiger partial charge in [0.2, 0.25) is 5.91 Å². The van der Waals surface area contributed by atoms with Crippen LogP contribution in [-0.4, -0.2) is 56.2 Å². The van der Waals surface area contributed by atoms with Crippen molar-refractivity contribution in [3.05, 3.63) is 35.6 Å². The molecule has 0 spiro atoms.